The Morgan fingerprint density at radius 3 is 2.29 bits per heavy atom. The highest BCUT2D eigenvalue weighted by Gasteiger charge is 2.10. The van der Waals surface area contributed by atoms with Crippen molar-refractivity contribution in [2.75, 3.05) is 12.3 Å². The fourth-order valence-corrected chi connectivity index (χ4v) is 3.40. The molecule has 1 nitrogen and oxygen atoms in total. The summed E-state index contributed by atoms with van der Waals surface area (Å²) in [5.74, 6) is 1.05. The molecule has 21 heavy (non-hydrogen) atoms. The third-order valence-corrected chi connectivity index (χ3v) is 4.91. The van der Waals surface area contributed by atoms with Crippen molar-refractivity contribution in [3.05, 3.63) is 64.7 Å². The zero-order valence-electron chi connectivity index (χ0n) is 13.4. The van der Waals surface area contributed by atoms with Gasteiger partial charge in [0.25, 0.3) is 0 Å². The first-order valence-corrected chi connectivity index (χ1v) is 8.58. The summed E-state index contributed by atoms with van der Waals surface area (Å²) in [6.45, 7) is 9.64. The van der Waals surface area contributed by atoms with E-state index in [9.17, 15) is 0 Å². The molecule has 0 aliphatic heterocycles. The molecule has 0 aliphatic rings. The van der Waals surface area contributed by atoms with E-state index in [0.717, 1.165) is 12.3 Å². The van der Waals surface area contributed by atoms with Gasteiger partial charge in [0.15, 0.2) is 0 Å². The molecule has 2 heteroatoms. The van der Waals surface area contributed by atoms with E-state index in [1.165, 1.54) is 27.1 Å². The number of nitrogens with one attached hydrogen (secondary N) is 1. The lowest BCUT2D eigenvalue weighted by atomic mass is 10.1. The molecule has 0 aromatic heterocycles. The minimum absolute atomic E-state index is 0.405. The van der Waals surface area contributed by atoms with Gasteiger partial charge in [-0.2, -0.15) is 0 Å². The number of rotatable bonds is 6. The predicted molar refractivity (Wildman–Crippen MR) is 94.2 cm³/mol. The van der Waals surface area contributed by atoms with Crippen LogP contribution in [0.25, 0.3) is 0 Å². The highest BCUT2D eigenvalue weighted by molar-refractivity contribution is 7.99. The zero-order valence-corrected chi connectivity index (χ0v) is 14.3. The Hall–Kier alpha value is -1.25. The summed E-state index contributed by atoms with van der Waals surface area (Å²) in [5, 5.41) is 3.59. The minimum Gasteiger partial charge on any atom is -0.309 e. The Bertz CT molecular complexity index is 575. The summed E-state index contributed by atoms with van der Waals surface area (Å²) in [4.78, 5) is 1.35. The third kappa shape index (κ3) is 4.62. The standard InChI is InChI=1S/C19H25NS/c1-5-20-19(17-9-6-14(2)7-10-17)13-21-18-11-8-15(3)16(4)12-18/h6-12,19-20H,5,13H2,1-4H3. The summed E-state index contributed by atoms with van der Waals surface area (Å²) in [6, 6.07) is 16.0. The van der Waals surface area contributed by atoms with E-state index in [1.54, 1.807) is 0 Å². The van der Waals surface area contributed by atoms with Gasteiger partial charge in [0.05, 0.1) is 0 Å². The van der Waals surface area contributed by atoms with Crippen molar-refractivity contribution in [1.82, 2.24) is 5.32 Å². The largest absolute Gasteiger partial charge is 0.309 e. The smallest absolute Gasteiger partial charge is 0.0415 e. The molecule has 0 fully saturated rings. The third-order valence-electron chi connectivity index (χ3n) is 3.83. The Kier molecular flexibility index (Phi) is 5.89. The summed E-state index contributed by atoms with van der Waals surface area (Å²) in [5.41, 5.74) is 5.42. The number of hydrogen-bond acceptors (Lipinski definition) is 2. The Morgan fingerprint density at radius 2 is 1.67 bits per heavy atom. The summed E-state index contributed by atoms with van der Waals surface area (Å²) in [7, 11) is 0. The highest BCUT2D eigenvalue weighted by atomic mass is 32.2. The second-order valence-corrected chi connectivity index (χ2v) is 6.67. The van der Waals surface area contributed by atoms with Crippen LogP contribution in [0.4, 0.5) is 0 Å². The van der Waals surface area contributed by atoms with Gasteiger partial charge in [-0.1, -0.05) is 42.8 Å². The number of thioether (sulfide) groups is 1. The van der Waals surface area contributed by atoms with E-state index in [4.69, 9.17) is 0 Å². The fraction of sp³-hybridized carbons (Fsp3) is 0.368. The summed E-state index contributed by atoms with van der Waals surface area (Å²) < 4.78 is 0. The molecule has 2 aromatic rings. The van der Waals surface area contributed by atoms with Gasteiger partial charge in [-0.05, 0) is 56.1 Å². The molecular formula is C19H25NS. The van der Waals surface area contributed by atoms with Crippen LogP contribution in [0.5, 0.6) is 0 Å². The van der Waals surface area contributed by atoms with Gasteiger partial charge < -0.3 is 5.32 Å². The second-order valence-electron chi connectivity index (χ2n) is 5.58. The van der Waals surface area contributed by atoms with Crippen LogP contribution in [-0.2, 0) is 0 Å². The lowest BCUT2D eigenvalue weighted by Crippen LogP contribution is -2.22. The van der Waals surface area contributed by atoms with Crippen LogP contribution in [-0.4, -0.2) is 12.3 Å². The quantitative estimate of drug-likeness (QED) is 0.749. The van der Waals surface area contributed by atoms with E-state index in [2.05, 4.69) is 75.5 Å². The van der Waals surface area contributed by atoms with Crippen molar-refractivity contribution in [3.63, 3.8) is 0 Å². The van der Waals surface area contributed by atoms with E-state index in [-0.39, 0.29) is 0 Å². The Balaban J connectivity index is 2.05. The molecule has 0 amide bonds. The van der Waals surface area contributed by atoms with Gasteiger partial charge >= 0.3 is 0 Å². The van der Waals surface area contributed by atoms with Crippen molar-refractivity contribution in [2.45, 2.75) is 38.6 Å². The molecule has 0 spiro atoms. The van der Waals surface area contributed by atoms with Crippen LogP contribution in [0.2, 0.25) is 0 Å². The van der Waals surface area contributed by atoms with Crippen molar-refractivity contribution in [1.29, 1.82) is 0 Å². The molecular weight excluding hydrogens is 274 g/mol. The maximum Gasteiger partial charge on any atom is 0.0415 e. The lowest BCUT2D eigenvalue weighted by molar-refractivity contribution is 0.606. The molecule has 0 heterocycles. The topological polar surface area (TPSA) is 12.0 Å². The monoisotopic (exact) mass is 299 g/mol. The average molecular weight is 299 g/mol. The molecule has 1 N–H and O–H groups in total. The fourth-order valence-electron chi connectivity index (χ4n) is 2.30. The zero-order chi connectivity index (χ0) is 15.2. The van der Waals surface area contributed by atoms with Crippen LogP contribution in [0.3, 0.4) is 0 Å². The summed E-state index contributed by atoms with van der Waals surface area (Å²) in [6.07, 6.45) is 0. The van der Waals surface area contributed by atoms with Gasteiger partial charge in [0.1, 0.15) is 0 Å². The normalized spacial score (nSPS) is 12.4. The van der Waals surface area contributed by atoms with E-state index >= 15 is 0 Å². The van der Waals surface area contributed by atoms with Crippen LogP contribution in [0, 0.1) is 20.8 Å². The number of aryl methyl sites for hydroxylation is 3. The maximum absolute atomic E-state index is 3.59. The van der Waals surface area contributed by atoms with Crippen molar-refractivity contribution >= 4 is 11.8 Å². The molecule has 0 saturated carbocycles. The van der Waals surface area contributed by atoms with Gasteiger partial charge in [0, 0.05) is 16.7 Å². The second kappa shape index (κ2) is 7.67. The molecule has 0 saturated heterocycles. The van der Waals surface area contributed by atoms with E-state index < -0.39 is 0 Å². The van der Waals surface area contributed by atoms with Crippen LogP contribution in [0.1, 0.15) is 35.2 Å². The Morgan fingerprint density at radius 1 is 0.952 bits per heavy atom. The molecule has 1 unspecified atom stereocenters. The molecule has 0 bridgehead atoms. The van der Waals surface area contributed by atoms with Crippen LogP contribution < -0.4 is 5.32 Å². The molecule has 1 atom stereocenters. The van der Waals surface area contributed by atoms with Crippen molar-refractivity contribution in [3.8, 4) is 0 Å². The summed E-state index contributed by atoms with van der Waals surface area (Å²) >= 11 is 1.93. The van der Waals surface area contributed by atoms with Crippen LogP contribution in [0.15, 0.2) is 47.4 Å². The molecule has 0 aliphatic carbocycles. The van der Waals surface area contributed by atoms with Gasteiger partial charge in [-0.25, -0.2) is 0 Å². The molecule has 112 valence electrons. The van der Waals surface area contributed by atoms with E-state index in [1.807, 2.05) is 11.8 Å². The highest BCUT2D eigenvalue weighted by Crippen LogP contribution is 2.26. The lowest BCUT2D eigenvalue weighted by Gasteiger charge is -2.18. The van der Waals surface area contributed by atoms with E-state index in [0.29, 0.717) is 6.04 Å². The van der Waals surface area contributed by atoms with Gasteiger partial charge in [0.2, 0.25) is 0 Å². The Labute approximate surface area is 133 Å². The molecule has 2 rings (SSSR count). The van der Waals surface area contributed by atoms with Crippen LogP contribution >= 0.6 is 11.8 Å². The first kappa shape index (κ1) is 16.1. The molecule has 0 radical (unpaired) electrons. The van der Waals surface area contributed by atoms with Gasteiger partial charge in [-0.3, -0.25) is 0 Å². The molecule has 2 aromatic carbocycles. The predicted octanol–water partition coefficient (Wildman–Crippen LogP) is 5.05. The number of benzene rings is 2. The number of hydrogen-bond donors (Lipinski definition) is 1. The SMILES string of the molecule is CCNC(CSc1ccc(C)c(C)c1)c1ccc(C)cc1. The first-order valence-electron chi connectivity index (χ1n) is 7.60. The van der Waals surface area contributed by atoms with Crippen molar-refractivity contribution in [2.24, 2.45) is 0 Å². The minimum atomic E-state index is 0.405. The van der Waals surface area contributed by atoms with Crippen molar-refractivity contribution < 1.29 is 0 Å². The van der Waals surface area contributed by atoms with Gasteiger partial charge in [-0.15, -0.1) is 11.8 Å². The average Bonchev–Trinajstić information content (AvgIpc) is 2.48. The first-order chi connectivity index (χ1) is 10.1. The maximum atomic E-state index is 3.59.